The Labute approximate surface area is 161 Å². The summed E-state index contributed by atoms with van der Waals surface area (Å²) in [6, 6.07) is 6.43. The Balaban J connectivity index is 2.34. The van der Waals surface area contributed by atoms with E-state index in [-0.39, 0.29) is 19.5 Å². The maximum absolute atomic E-state index is 12.7. The summed E-state index contributed by atoms with van der Waals surface area (Å²) in [6.45, 7) is -0.358. The van der Waals surface area contributed by atoms with Gasteiger partial charge in [0.15, 0.2) is 0 Å². The van der Waals surface area contributed by atoms with Gasteiger partial charge >= 0.3 is 11.7 Å². The number of aliphatic carboxylic acids is 1. The number of hydrogen-bond donors (Lipinski definition) is 2. The fourth-order valence-corrected chi connectivity index (χ4v) is 2.65. The molecule has 1 heterocycles. The molecule has 0 atom stereocenters. The molecular weight excluding hydrogens is 457 g/mol. The number of methoxy groups -OCH3 is 1. The minimum absolute atomic E-state index is 0.240. The zero-order valence-electron chi connectivity index (χ0n) is 13.8. The molecule has 1 amide bonds. The van der Waals surface area contributed by atoms with E-state index in [9.17, 15) is 19.2 Å². The Bertz CT molecular complexity index is 950. The molecule has 0 aliphatic rings. The number of aromatic nitrogens is 2. The van der Waals surface area contributed by atoms with Crippen molar-refractivity contribution >= 4 is 34.5 Å². The number of nitrogens with zero attached hydrogens (tertiary/aromatic N) is 2. The minimum Gasteiger partial charge on any atom is -0.495 e. The molecule has 2 rings (SSSR count). The van der Waals surface area contributed by atoms with Crippen LogP contribution in [0.2, 0.25) is 0 Å². The first-order chi connectivity index (χ1) is 12.3. The van der Waals surface area contributed by atoms with Gasteiger partial charge in [-0.05, 0) is 40.8 Å². The lowest BCUT2D eigenvalue weighted by molar-refractivity contribution is -0.138. The Kier molecular flexibility index (Phi) is 6.55. The molecule has 10 heteroatoms. The second-order valence-electron chi connectivity index (χ2n) is 5.20. The van der Waals surface area contributed by atoms with Gasteiger partial charge in [-0.3, -0.25) is 19.0 Å². The molecule has 1 aromatic carbocycles. The predicted molar refractivity (Wildman–Crippen MR) is 101 cm³/mol. The van der Waals surface area contributed by atoms with Gasteiger partial charge in [-0.25, -0.2) is 9.36 Å². The Morgan fingerprint density at radius 2 is 1.96 bits per heavy atom. The lowest BCUT2D eigenvalue weighted by Crippen LogP contribution is -2.43. The number of amides is 1. The van der Waals surface area contributed by atoms with E-state index in [4.69, 9.17) is 9.84 Å². The zero-order chi connectivity index (χ0) is 19.3. The summed E-state index contributed by atoms with van der Waals surface area (Å²) in [5, 5.41) is 10.9. The van der Waals surface area contributed by atoms with E-state index in [1.54, 1.807) is 12.1 Å². The summed E-state index contributed by atoms with van der Waals surface area (Å²) < 4.78 is 8.21. The Morgan fingerprint density at radius 1 is 1.23 bits per heavy atom. The number of halogens is 1. The van der Waals surface area contributed by atoms with Crippen LogP contribution >= 0.6 is 22.6 Å². The van der Waals surface area contributed by atoms with Crippen LogP contribution < -0.4 is 21.3 Å². The fourth-order valence-electron chi connectivity index (χ4n) is 2.17. The van der Waals surface area contributed by atoms with Gasteiger partial charge in [-0.15, -0.1) is 0 Å². The van der Waals surface area contributed by atoms with Crippen LogP contribution in [0, 0.1) is 3.57 Å². The van der Waals surface area contributed by atoms with Crippen LogP contribution in [0.3, 0.4) is 0 Å². The summed E-state index contributed by atoms with van der Waals surface area (Å²) in [5.74, 6) is -1.23. The summed E-state index contributed by atoms with van der Waals surface area (Å²) in [4.78, 5) is 46.8. The molecule has 0 aliphatic heterocycles. The average molecular weight is 473 g/mol. The van der Waals surface area contributed by atoms with Crippen LogP contribution in [0.1, 0.15) is 12.8 Å². The Morgan fingerprint density at radius 3 is 2.62 bits per heavy atom. The Hall–Kier alpha value is -2.63. The molecule has 138 valence electrons. The van der Waals surface area contributed by atoms with Crippen molar-refractivity contribution in [3.8, 4) is 11.4 Å². The quantitative estimate of drug-likeness (QED) is 0.567. The minimum atomic E-state index is -1.11. The SMILES string of the molecule is COc1ccc(I)cc1-n1ccc(=O)n(CNC(=O)CCC(=O)O)c1=O. The highest BCUT2D eigenvalue weighted by Crippen LogP contribution is 2.23. The topological polar surface area (TPSA) is 120 Å². The van der Waals surface area contributed by atoms with Gasteiger partial charge < -0.3 is 15.2 Å². The lowest BCUT2D eigenvalue weighted by atomic mass is 10.3. The van der Waals surface area contributed by atoms with Crippen LogP contribution in [-0.2, 0) is 16.3 Å². The molecule has 0 unspecified atom stereocenters. The van der Waals surface area contributed by atoms with Crippen molar-refractivity contribution in [1.82, 2.24) is 14.5 Å². The third-order valence-corrected chi connectivity index (χ3v) is 4.14. The number of carbonyl (C=O) groups excluding carboxylic acids is 1. The standard InChI is InChI=1S/C16H16IN3O6/c1-26-12-3-2-10(17)8-11(12)19-7-6-14(22)20(16(19)25)9-18-13(21)4-5-15(23)24/h2-3,6-8H,4-5,9H2,1H3,(H,18,21)(H,23,24). The van der Waals surface area contributed by atoms with E-state index in [1.807, 2.05) is 6.07 Å². The highest BCUT2D eigenvalue weighted by molar-refractivity contribution is 14.1. The molecule has 2 N–H and O–H groups in total. The number of benzene rings is 1. The van der Waals surface area contributed by atoms with E-state index >= 15 is 0 Å². The first-order valence-electron chi connectivity index (χ1n) is 7.48. The van der Waals surface area contributed by atoms with Gasteiger partial charge in [0, 0.05) is 22.3 Å². The van der Waals surface area contributed by atoms with Gasteiger partial charge in [-0.1, -0.05) is 0 Å². The molecule has 0 saturated carbocycles. The molecular formula is C16H16IN3O6. The maximum atomic E-state index is 12.7. The number of hydrogen-bond acceptors (Lipinski definition) is 5. The van der Waals surface area contributed by atoms with E-state index in [2.05, 4.69) is 27.9 Å². The van der Waals surface area contributed by atoms with Gasteiger partial charge in [0.2, 0.25) is 5.91 Å². The van der Waals surface area contributed by atoms with Crippen LogP contribution in [0.5, 0.6) is 5.75 Å². The third kappa shape index (κ3) is 4.71. The van der Waals surface area contributed by atoms with E-state index in [1.165, 1.54) is 23.9 Å². The average Bonchev–Trinajstić information content (AvgIpc) is 2.60. The number of rotatable bonds is 7. The van der Waals surface area contributed by atoms with Crippen molar-refractivity contribution < 1.29 is 19.4 Å². The third-order valence-electron chi connectivity index (χ3n) is 3.47. The normalized spacial score (nSPS) is 10.4. The summed E-state index contributed by atoms with van der Waals surface area (Å²) >= 11 is 2.09. The number of carbonyl (C=O) groups is 2. The molecule has 0 saturated heterocycles. The van der Waals surface area contributed by atoms with Crippen molar-refractivity contribution in [1.29, 1.82) is 0 Å². The lowest BCUT2D eigenvalue weighted by Gasteiger charge is -2.13. The molecule has 0 spiro atoms. The van der Waals surface area contributed by atoms with Gasteiger partial charge in [0.1, 0.15) is 12.4 Å². The molecule has 0 aliphatic carbocycles. The van der Waals surface area contributed by atoms with Crippen molar-refractivity contribution in [2.45, 2.75) is 19.5 Å². The summed E-state index contributed by atoms with van der Waals surface area (Å²) in [5.41, 5.74) is -0.791. The van der Waals surface area contributed by atoms with Crippen LogP contribution in [0.25, 0.3) is 5.69 Å². The summed E-state index contributed by atoms with van der Waals surface area (Å²) in [7, 11) is 1.47. The molecule has 2 aromatic rings. The fraction of sp³-hybridized carbons (Fsp3) is 0.250. The first kappa shape index (κ1) is 19.7. The van der Waals surface area contributed by atoms with Crippen molar-refractivity contribution in [3.05, 3.63) is 54.9 Å². The largest absolute Gasteiger partial charge is 0.495 e. The number of carboxylic acid groups (broad SMARTS) is 1. The molecule has 1 aromatic heterocycles. The zero-order valence-corrected chi connectivity index (χ0v) is 15.9. The molecule has 9 nitrogen and oxygen atoms in total. The van der Waals surface area contributed by atoms with Crippen molar-refractivity contribution in [3.63, 3.8) is 0 Å². The van der Waals surface area contributed by atoms with Crippen molar-refractivity contribution in [2.75, 3.05) is 7.11 Å². The van der Waals surface area contributed by atoms with Gasteiger partial charge in [0.05, 0.1) is 19.2 Å². The second kappa shape index (κ2) is 8.65. The molecule has 26 heavy (non-hydrogen) atoms. The highest BCUT2D eigenvalue weighted by atomic mass is 127. The molecule has 0 bridgehead atoms. The smallest absolute Gasteiger partial charge is 0.337 e. The van der Waals surface area contributed by atoms with Crippen LogP contribution in [0.15, 0.2) is 40.1 Å². The number of ether oxygens (including phenoxy) is 1. The van der Waals surface area contributed by atoms with Crippen LogP contribution in [0.4, 0.5) is 0 Å². The second-order valence-corrected chi connectivity index (χ2v) is 6.45. The first-order valence-corrected chi connectivity index (χ1v) is 8.56. The number of carboxylic acids is 1. The predicted octanol–water partition coefficient (Wildman–Crippen LogP) is 0.551. The van der Waals surface area contributed by atoms with Crippen LogP contribution in [-0.4, -0.2) is 33.2 Å². The summed E-state index contributed by atoms with van der Waals surface area (Å²) in [6.07, 6.45) is 0.760. The maximum Gasteiger partial charge on any atom is 0.337 e. The number of nitrogens with one attached hydrogen (secondary N) is 1. The van der Waals surface area contributed by atoms with E-state index < -0.39 is 23.1 Å². The van der Waals surface area contributed by atoms with Gasteiger partial charge in [0.25, 0.3) is 5.56 Å². The van der Waals surface area contributed by atoms with E-state index in [0.29, 0.717) is 11.4 Å². The van der Waals surface area contributed by atoms with Gasteiger partial charge in [-0.2, -0.15) is 0 Å². The molecule has 0 radical (unpaired) electrons. The van der Waals surface area contributed by atoms with E-state index in [0.717, 1.165) is 8.14 Å². The van der Waals surface area contributed by atoms with Crippen molar-refractivity contribution in [2.24, 2.45) is 0 Å². The monoisotopic (exact) mass is 473 g/mol. The highest BCUT2D eigenvalue weighted by Gasteiger charge is 2.12. The molecule has 0 fully saturated rings.